The van der Waals surface area contributed by atoms with Crippen molar-refractivity contribution in [3.8, 4) is 6.07 Å². The smallest absolute Gasteiger partial charge is 0.340 e. The monoisotopic (exact) mass is 229 g/mol. The van der Waals surface area contributed by atoms with Crippen LogP contribution in [-0.4, -0.2) is 11.0 Å². The van der Waals surface area contributed by atoms with Crippen LogP contribution in [0.2, 0.25) is 0 Å². The summed E-state index contributed by atoms with van der Waals surface area (Å²) in [5, 5.41) is 7.32. The lowest BCUT2D eigenvalue weighted by Gasteiger charge is -2.03. The van der Waals surface area contributed by atoms with E-state index in [1.807, 2.05) is 6.07 Å². The minimum atomic E-state index is -1.18. The van der Waals surface area contributed by atoms with E-state index in [0.717, 1.165) is 0 Å². The maximum Gasteiger partial charge on any atom is 0.340 e. The predicted octanol–water partition coefficient (Wildman–Crippen LogP) is 2.48. The molecule has 0 N–H and O–H groups in total. The lowest BCUT2D eigenvalue weighted by atomic mass is 10.1. The molecule has 0 fully saturated rings. The fourth-order valence-corrected chi connectivity index (χ4v) is 0.992. The maximum atomic E-state index is 11.2. The van der Waals surface area contributed by atoms with E-state index in [-0.39, 0.29) is 0 Å². The molecular weight excluding hydrogens is 225 g/mol. The number of hydrogen-bond donors (Lipinski definition) is 0. The number of ether oxygens (including phenoxy) is 1. The van der Waals surface area contributed by atoms with Crippen LogP contribution in [0.15, 0.2) is 24.3 Å². The minimum Gasteiger partial charge on any atom is -0.428 e. The number of nitrogens with zero attached hydrogens (tertiary/aromatic N) is 1. The zero-order valence-corrected chi connectivity index (χ0v) is 8.42. The minimum absolute atomic E-state index is 0.301. The lowest BCUT2D eigenvalue weighted by molar-refractivity contribution is 0.0536. The largest absolute Gasteiger partial charge is 0.428 e. The highest BCUT2D eigenvalue weighted by molar-refractivity contribution is 6.43. The summed E-state index contributed by atoms with van der Waals surface area (Å²) in [6.07, 6.45) is 0. The highest BCUT2D eigenvalue weighted by atomic mass is 35.5. The zero-order valence-electron chi connectivity index (χ0n) is 6.91. The van der Waals surface area contributed by atoms with Gasteiger partial charge in [0.05, 0.1) is 17.2 Å². The van der Waals surface area contributed by atoms with Gasteiger partial charge in [-0.3, -0.25) is 0 Å². The van der Waals surface area contributed by atoms with Crippen molar-refractivity contribution in [2.24, 2.45) is 0 Å². The van der Waals surface area contributed by atoms with Gasteiger partial charge in [0.2, 0.25) is 0 Å². The SMILES string of the molecule is N#Cc1ccc(C(=O)OC(Cl)Cl)cc1. The van der Waals surface area contributed by atoms with Gasteiger partial charge in [0.15, 0.2) is 0 Å². The molecule has 14 heavy (non-hydrogen) atoms. The summed E-state index contributed by atoms with van der Waals surface area (Å²) < 4.78 is 4.52. The highest BCUT2D eigenvalue weighted by Crippen LogP contribution is 2.10. The normalized spacial score (nSPS) is 9.57. The van der Waals surface area contributed by atoms with Crippen molar-refractivity contribution >= 4 is 29.2 Å². The number of rotatable bonds is 2. The first-order valence-electron chi connectivity index (χ1n) is 3.63. The molecule has 5 heteroatoms. The molecule has 1 aromatic carbocycles. The summed E-state index contributed by atoms with van der Waals surface area (Å²) in [4.78, 5) is 11.2. The van der Waals surface area contributed by atoms with Crippen molar-refractivity contribution in [1.82, 2.24) is 0 Å². The average Bonchev–Trinajstić information content (AvgIpc) is 2.17. The quantitative estimate of drug-likeness (QED) is 0.579. The van der Waals surface area contributed by atoms with Crippen molar-refractivity contribution in [3.63, 3.8) is 0 Å². The van der Waals surface area contributed by atoms with Crippen LogP contribution in [-0.2, 0) is 4.74 Å². The van der Waals surface area contributed by atoms with Gasteiger partial charge in [-0.05, 0) is 24.3 Å². The van der Waals surface area contributed by atoms with Gasteiger partial charge < -0.3 is 4.74 Å². The third-order valence-corrected chi connectivity index (χ3v) is 1.62. The van der Waals surface area contributed by atoms with Crippen molar-refractivity contribution in [2.75, 3.05) is 0 Å². The third kappa shape index (κ3) is 2.91. The molecule has 0 amide bonds. The van der Waals surface area contributed by atoms with Crippen molar-refractivity contribution in [1.29, 1.82) is 5.26 Å². The van der Waals surface area contributed by atoms with Crippen LogP contribution in [0.25, 0.3) is 0 Å². The number of benzene rings is 1. The Morgan fingerprint density at radius 3 is 2.36 bits per heavy atom. The fraction of sp³-hybridized carbons (Fsp3) is 0.111. The van der Waals surface area contributed by atoms with Gasteiger partial charge >= 0.3 is 5.97 Å². The fourth-order valence-electron chi connectivity index (χ4n) is 0.830. The molecule has 72 valence electrons. The summed E-state index contributed by atoms with van der Waals surface area (Å²) in [5.74, 6) is -0.621. The van der Waals surface area contributed by atoms with Crippen molar-refractivity contribution in [3.05, 3.63) is 35.4 Å². The van der Waals surface area contributed by atoms with Crippen LogP contribution in [0.3, 0.4) is 0 Å². The lowest BCUT2D eigenvalue weighted by Crippen LogP contribution is -2.07. The van der Waals surface area contributed by atoms with Gasteiger partial charge in [-0.25, -0.2) is 4.79 Å². The standard InChI is InChI=1S/C9H5Cl2NO2/c10-9(11)14-8(13)7-3-1-6(5-12)2-4-7/h1-4,9H. The second kappa shape index (κ2) is 4.85. The van der Waals surface area contributed by atoms with Crippen LogP contribution in [0.4, 0.5) is 0 Å². The summed E-state index contributed by atoms with van der Waals surface area (Å²) in [6, 6.07) is 7.88. The molecule has 1 rings (SSSR count). The third-order valence-electron chi connectivity index (χ3n) is 1.45. The molecule has 0 heterocycles. The summed E-state index contributed by atoms with van der Waals surface area (Å²) in [5.41, 5.74) is 0.769. The molecule has 0 atom stereocenters. The molecule has 0 aliphatic heterocycles. The second-order valence-corrected chi connectivity index (χ2v) is 3.37. The molecule has 0 saturated carbocycles. The Balaban J connectivity index is 2.78. The number of hydrogen-bond acceptors (Lipinski definition) is 3. The second-order valence-electron chi connectivity index (χ2n) is 2.36. The van der Waals surface area contributed by atoms with Gasteiger partial charge in [-0.1, -0.05) is 23.2 Å². The molecule has 0 aromatic heterocycles. The van der Waals surface area contributed by atoms with Crippen LogP contribution < -0.4 is 0 Å². The Bertz CT molecular complexity index is 367. The van der Waals surface area contributed by atoms with E-state index in [2.05, 4.69) is 4.74 Å². The van der Waals surface area contributed by atoms with E-state index in [0.29, 0.717) is 11.1 Å². The van der Waals surface area contributed by atoms with E-state index < -0.39 is 11.0 Å². The average molecular weight is 230 g/mol. The molecule has 0 aliphatic carbocycles. The van der Waals surface area contributed by atoms with E-state index in [4.69, 9.17) is 28.5 Å². The molecule has 3 nitrogen and oxygen atoms in total. The van der Waals surface area contributed by atoms with Gasteiger partial charge in [0.25, 0.3) is 5.02 Å². The molecule has 0 radical (unpaired) electrons. The summed E-state index contributed by atoms with van der Waals surface area (Å²) >= 11 is 10.5. The van der Waals surface area contributed by atoms with Gasteiger partial charge in [0, 0.05) is 0 Å². The van der Waals surface area contributed by atoms with E-state index in [1.165, 1.54) is 24.3 Å². The topological polar surface area (TPSA) is 50.1 Å². The maximum absolute atomic E-state index is 11.2. The van der Waals surface area contributed by atoms with Crippen LogP contribution in [0.5, 0.6) is 0 Å². The molecule has 1 aromatic rings. The van der Waals surface area contributed by atoms with Crippen LogP contribution >= 0.6 is 23.2 Å². The number of halogens is 2. The Hall–Kier alpha value is -1.24. The molecule has 0 saturated heterocycles. The number of esters is 1. The van der Waals surface area contributed by atoms with E-state index in [9.17, 15) is 4.79 Å². The van der Waals surface area contributed by atoms with Crippen molar-refractivity contribution < 1.29 is 9.53 Å². The van der Waals surface area contributed by atoms with Crippen LogP contribution in [0.1, 0.15) is 15.9 Å². The Morgan fingerprint density at radius 2 is 1.93 bits per heavy atom. The van der Waals surface area contributed by atoms with Gasteiger partial charge in [-0.2, -0.15) is 5.26 Å². The molecule has 0 spiro atoms. The number of nitriles is 1. The number of carbonyl (C=O) groups excluding carboxylic acids is 1. The Morgan fingerprint density at radius 1 is 1.36 bits per heavy atom. The number of carbonyl (C=O) groups is 1. The summed E-state index contributed by atoms with van der Waals surface area (Å²) in [7, 11) is 0. The van der Waals surface area contributed by atoms with E-state index >= 15 is 0 Å². The summed E-state index contributed by atoms with van der Waals surface area (Å²) in [6.45, 7) is 0. The van der Waals surface area contributed by atoms with Gasteiger partial charge in [-0.15, -0.1) is 0 Å². The molecule has 0 bridgehead atoms. The zero-order chi connectivity index (χ0) is 10.6. The number of alkyl halides is 2. The predicted molar refractivity (Wildman–Crippen MR) is 52.1 cm³/mol. The first-order valence-corrected chi connectivity index (χ1v) is 4.50. The first-order chi connectivity index (χ1) is 6.63. The molecule has 0 unspecified atom stereocenters. The van der Waals surface area contributed by atoms with Gasteiger partial charge in [0.1, 0.15) is 0 Å². The highest BCUT2D eigenvalue weighted by Gasteiger charge is 2.10. The van der Waals surface area contributed by atoms with E-state index in [1.54, 1.807) is 0 Å². The van der Waals surface area contributed by atoms with Crippen LogP contribution in [0, 0.1) is 11.3 Å². The first kappa shape index (κ1) is 10.8. The van der Waals surface area contributed by atoms with Crippen molar-refractivity contribution in [2.45, 2.75) is 5.02 Å². The molecule has 0 aliphatic rings. The Labute approximate surface area is 90.8 Å². The molecular formula is C9H5Cl2NO2. The Kier molecular flexibility index (Phi) is 3.75.